The number of carbonyl (C=O) groups excluding carboxylic acids is 2. The molecule has 0 N–H and O–H groups in total. The van der Waals surface area contributed by atoms with Crippen LogP contribution >= 0.6 is 0 Å². The maximum absolute atomic E-state index is 11.0. The molecule has 0 spiro atoms. The van der Waals surface area contributed by atoms with Gasteiger partial charge in [-0.15, -0.1) is 0 Å². The van der Waals surface area contributed by atoms with Crippen molar-refractivity contribution in [3.8, 4) is 0 Å². The summed E-state index contributed by atoms with van der Waals surface area (Å²) in [6, 6.07) is 0. The lowest BCUT2D eigenvalue weighted by atomic mass is 9.81. The Balaban J connectivity index is 2.11. The van der Waals surface area contributed by atoms with Crippen LogP contribution in [0.15, 0.2) is 0 Å². The van der Waals surface area contributed by atoms with Crippen LogP contribution in [0.5, 0.6) is 0 Å². The maximum Gasteiger partial charge on any atom is 0.309 e. The van der Waals surface area contributed by atoms with Crippen LogP contribution < -0.4 is 0 Å². The van der Waals surface area contributed by atoms with Crippen LogP contribution in [0.1, 0.15) is 19.3 Å². The molecule has 0 aromatic carbocycles. The van der Waals surface area contributed by atoms with Gasteiger partial charge in [0.2, 0.25) is 0 Å². The molecule has 3 heteroatoms. The SMILES string of the molecule is O=C1CCC2C(=O)OCC2C1. The van der Waals surface area contributed by atoms with E-state index in [1.165, 1.54) is 0 Å². The molecule has 0 aromatic rings. The Morgan fingerprint density at radius 1 is 1.36 bits per heavy atom. The van der Waals surface area contributed by atoms with Gasteiger partial charge in [-0.25, -0.2) is 0 Å². The maximum atomic E-state index is 11.0. The van der Waals surface area contributed by atoms with Crippen LogP contribution in [-0.4, -0.2) is 18.4 Å². The van der Waals surface area contributed by atoms with E-state index < -0.39 is 0 Å². The molecule has 0 amide bonds. The molecule has 1 saturated heterocycles. The van der Waals surface area contributed by atoms with E-state index in [1.54, 1.807) is 0 Å². The number of carbonyl (C=O) groups is 2. The van der Waals surface area contributed by atoms with Crippen LogP contribution in [0.3, 0.4) is 0 Å². The summed E-state index contributed by atoms with van der Waals surface area (Å²) in [4.78, 5) is 21.9. The van der Waals surface area contributed by atoms with E-state index in [9.17, 15) is 9.59 Å². The van der Waals surface area contributed by atoms with Crippen LogP contribution in [0.25, 0.3) is 0 Å². The zero-order chi connectivity index (χ0) is 7.84. The second-order valence-corrected chi connectivity index (χ2v) is 3.28. The highest BCUT2D eigenvalue weighted by Gasteiger charge is 2.40. The quantitative estimate of drug-likeness (QED) is 0.478. The van der Waals surface area contributed by atoms with E-state index in [1.807, 2.05) is 0 Å². The third kappa shape index (κ3) is 1.04. The zero-order valence-electron chi connectivity index (χ0n) is 6.21. The molecule has 1 heterocycles. The van der Waals surface area contributed by atoms with E-state index in [0.717, 1.165) is 0 Å². The molecule has 2 aliphatic rings. The number of ketones is 1. The minimum Gasteiger partial charge on any atom is -0.465 e. The first kappa shape index (κ1) is 6.83. The topological polar surface area (TPSA) is 43.4 Å². The molecule has 0 bridgehead atoms. The number of ether oxygens (including phenoxy) is 1. The molecule has 2 rings (SSSR count). The highest BCUT2D eigenvalue weighted by Crippen LogP contribution is 2.33. The summed E-state index contributed by atoms with van der Waals surface area (Å²) in [5, 5.41) is 0. The lowest BCUT2D eigenvalue weighted by Crippen LogP contribution is -2.25. The Bertz CT molecular complexity index is 209. The predicted molar refractivity (Wildman–Crippen MR) is 36.8 cm³/mol. The summed E-state index contributed by atoms with van der Waals surface area (Å²) < 4.78 is 4.86. The first-order valence-corrected chi connectivity index (χ1v) is 3.95. The smallest absolute Gasteiger partial charge is 0.309 e. The second kappa shape index (κ2) is 2.32. The number of esters is 1. The van der Waals surface area contributed by atoms with E-state index in [4.69, 9.17) is 4.74 Å². The molecule has 11 heavy (non-hydrogen) atoms. The highest BCUT2D eigenvalue weighted by molar-refractivity contribution is 5.84. The fourth-order valence-electron chi connectivity index (χ4n) is 1.87. The predicted octanol–water partition coefficient (Wildman–Crippen LogP) is 0.529. The number of hydrogen-bond donors (Lipinski definition) is 0. The van der Waals surface area contributed by atoms with Crippen molar-refractivity contribution in [2.45, 2.75) is 19.3 Å². The van der Waals surface area contributed by atoms with Crippen LogP contribution in [-0.2, 0) is 14.3 Å². The number of Topliss-reactive ketones (excluding diaryl/α,β-unsaturated/α-hetero) is 1. The molecular weight excluding hydrogens is 144 g/mol. The third-order valence-corrected chi connectivity index (χ3v) is 2.54. The standard InChI is InChI=1S/C8H10O3/c9-6-1-2-7-5(3-6)4-11-8(7)10/h5,7H,1-4H2. The highest BCUT2D eigenvalue weighted by atomic mass is 16.5. The van der Waals surface area contributed by atoms with Gasteiger partial charge in [-0.1, -0.05) is 0 Å². The molecule has 1 aliphatic heterocycles. The van der Waals surface area contributed by atoms with Crippen molar-refractivity contribution in [3.63, 3.8) is 0 Å². The fraction of sp³-hybridized carbons (Fsp3) is 0.750. The summed E-state index contributed by atoms with van der Waals surface area (Å²) >= 11 is 0. The molecule has 0 aromatic heterocycles. The molecular formula is C8H10O3. The fourth-order valence-corrected chi connectivity index (χ4v) is 1.87. The molecule has 3 nitrogen and oxygen atoms in total. The van der Waals surface area contributed by atoms with Gasteiger partial charge in [0.05, 0.1) is 12.5 Å². The summed E-state index contributed by atoms with van der Waals surface area (Å²) in [6.07, 6.45) is 1.83. The molecule has 2 fully saturated rings. The van der Waals surface area contributed by atoms with E-state index in [-0.39, 0.29) is 23.6 Å². The summed E-state index contributed by atoms with van der Waals surface area (Å²) in [5.41, 5.74) is 0. The van der Waals surface area contributed by atoms with Crippen molar-refractivity contribution in [3.05, 3.63) is 0 Å². The lowest BCUT2D eigenvalue weighted by molar-refractivity contribution is -0.141. The molecule has 2 unspecified atom stereocenters. The monoisotopic (exact) mass is 154 g/mol. The van der Waals surface area contributed by atoms with Crippen molar-refractivity contribution in [1.82, 2.24) is 0 Å². The lowest BCUT2D eigenvalue weighted by Gasteiger charge is -2.18. The van der Waals surface area contributed by atoms with Gasteiger partial charge in [0.25, 0.3) is 0 Å². The van der Waals surface area contributed by atoms with Gasteiger partial charge in [-0.3, -0.25) is 9.59 Å². The number of hydrogen-bond acceptors (Lipinski definition) is 3. The van der Waals surface area contributed by atoms with Crippen molar-refractivity contribution >= 4 is 11.8 Å². The Labute approximate surface area is 64.7 Å². The third-order valence-electron chi connectivity index (χ3n) is 2.54. The minimum atomic E-state index is -0.0949. The van der Waals surface area contributed by atoms with Crippen LogP contribution in [0, 0.1) is 11.8 Å². The van der Waals surface area contributed by atoms with E-state index in [2.05, 4.69) is 0 Å². The number of cyclic esters (lactones) is 1. The van der Waals surface area contributed by atoms with Gasteiger partial charge in [-0.2, -0.15) is 0 Å². The van der Waals surface area contributed by atoms with Crippen LogP contribution in [0.2, 0.25) is 0 Å². The molecule has 1 saturated carbocycles. The Morgan fingerprint density at radius 3 is 3.00 bits per heavy atom. The normalized spacial score (nSPS) is 36.7. The average Bonchev–Trinajstić information content (AvgIpc) is 2.32. The van der Waals surface area contributed by atoms with E-state index >= 15 is 0 Å². The Kier molecular flexibility index (Phi) is 1.44. The second-order valence-electron chi connectivity index (χ2n) is 3.28. The summed E-state index contributed by atoms with van der Waals surface area (Å²) in [7, 11) is 0. The van der Waals surface area contributed by atoms with Crippen molar-refractivity contribution in [1.29, 1.82) is 0 Å². The molecule has 1 aliphatic carbocycles. The van der Waals surface area contributed by atoms with Gasteiger partial charge < -0.3 is 4.74 Å². The summed E-state index contributed by atoms with van der Waals surface area (Å²) in [5.74, 6) is 0.420. The van der Waals surface area contributed by atoms with Gasteiger partial charge >= 0.3 is 5.97 Å². The Hall–Kier alpha value is -0.860. The first-order chi connectivity index (χ1) is 5.27. The van der Waals surface area contributed by atoms with E-state index in [0.29, 0.717) is 25.9 Å². The molecule has 60 valence electrons. The van der Waals surface area contributed by atoms with Gasteiger partial charge in [0.1, 0.15) is 5.78 Å². The zero-order valence-corrected chi connectivity index (χ0v) is 6.21. The Morgan fingerprint density at radius 2 is 2.18 bits per heavy atom. The first-order valence-electron chi connectivity index (χ1n) is 3.95. The number of fused-ring (bicyclic) bond motifs is 1. The van der Waals surface area contributed by atoms with Gasteiger partial charge in [0.15, 0.2) is 0 Å². The minimum absolute atomic E-state index is 0.0349. The molecule has 0 radical (unpaired) electrons. The van der Waals surface area contributed by atoms with Gasteiger partial charge in [-0.05, 0) is 6.42 Å². The van der Waals surface area contributed by atoms with Crippen LogP contribution in [0.4, 0.5) is 0 Å². The average molecular weight is 154 g/mol. The number of rotatable bonds is 0. The summed E-state index contributed by atoms with van der Waals surface area (Å²) in [6.45, 7) is 0.468. The van der Waals surface area contributed by atoms with Crippen molar-refractivity contribution in [2.24, 2.45) is 11.8 Å². The molecule has 2 atom stereocenters. The van der Waals surface area contributed by atoms with Crippen molar-refractivity contribution < 1.29 is 14.3 Å². The largest absolute Gasteiger partial charge is 0.465 e. The van der Waals surface area contributed by atoms with Gasteiger partial charge in [0, 0.05) is 18.8 Å². The van der Waals surface area contributed by atoms with Crippen molar-refractivity contribution in [2.75, 3.05) is 6.61 Å².